The average molecular weight is 275 g/mol. The van der Waals surface area contributed by atoms with E-state index in [9.17, 15) is 0 Å². The third-order valence-electron chi connectivity index (χ3n) is 2.14. The van der Waals surface area contributed by atoms with Crippen LogP contribution < -0.4 is 0 Å². The van der Waals surface area contributed by atoms with Crippen LogP contribution in [0.1, 0.15) is 5.82 Å². The molecule has 0 radical (unpaired) electrons. The third kappa shape index (κ3) is 1.71. The van der Waals surface area contributed by atoms with Gasteiger partial charge in [-0.05, 0) is 6.26 Å². The number of thiazole rings is 1. The van der Waals surface area contributed by atoms with Crippen LogP contribution >= 0.6 is 23.1 Å². The summed E-state index contributed by atoms with van der Waals surface area (Å²) in [7, 11) is 0. The van der Waals surface area contributed by atoms with Gasteiger partial charge in [0.15, 0.2) is 15.8 Å². The predicted molar refractivity (Wildman–Crippen MR) is 66.6 cm³/mol. The van der Waals surface area contributed by atoms with Gasteiger partial charge >= 0.3 is 0 Å². The summed E-state index contributed by atoms with van der Waals surface area (Å²) < 4.78 is 3.20. The Morgan fingerprint density at radius 2 is 2.28 bits per heavy atom. The normalized spacial score (nSPS) is 10.7. The standard InChI is InChI=1S/C9H5N7S2/c1-17-9-14-7-6(18-9)8(12-3-11-7)16-4-13-5(2-10)15-16/h3-4H,1H3. The summed E-state index contributed by atoms with van der Waals surface area (Å²) in [4.78, 5) is 16.5. The zero-order valence-corrected chi connectivity index (χ0v) is 10.7. The highest BCUT2D eigenvalue weighted by atomic mass is 32.2. The number of nitrogens with zero attached hydrogens (tertiary/aromatic N) is 7. The fraction of sp³-hybridized carbons (Fsp3) is 0.111. The van der Waals surface area contributed by atoms with Gasteiger partial charge in [0, 0.05) is 0 Å². The second kappa shape index (κ2) is 4.32. The van der Waals surface area contributed by atoms with Crippen molar-refractivity contribution in [2.45, 2.75) is 4.34 Å². The van der Waals surface area contributed by atoms with E-state index in [2.05, 4.69) is 25.0 Å². The SMILES string of the molecule is CSc1nc2ncnc(-n3cnc(C#N)n3)c2s1. The molecule has 0 aliphatic carbocycles. The van der Waals surface area contributed by atoms with Crippen LogP contribution in [0.15, 0.2) is 17.0 Å². The van der Waals surface area contributed by atoms with Gasteiger partial charge in [-0.25, -0.2) is 19.9 Å². The number of thioether (sulfide) groups is 1. The Labute approximate surface area is 110 Å². The molecule has 0 aliphatic rings. The van der Waals surface area contributed by atoms with Crippen molar-refractivity contribution in [3.8, 4) is 11.9 Å². The Balaban J connectivity index is 2.22. The van der Waals surface area contributed by atoms with Crippen molar-refractivity contribution in [2.75, 3.05) is 6.26 Å². The molecule has 7 nitrogen and oxygen atoms in total. The molecule has 3 heterocycles. The highest BCUT2D eigenvalue weighted by molar-refractivity contribution is 8.00. The molecule has 0 saturated carbocycles. The smallest absolute Gasteiger partial charge is 0.215 e. The summed E-state index contributed by atoms with van der Waals surface area (Å²) in [6, 6.07) is 1.88. The van der Waals surface area contributed by atoms with Crippen LogP contribution in [0.2, 0.25) is 0 Å². The predicted octanol–water partition coefficient (Wildman–Crippen LogP) is 1.26. The molecule has 3 aromatic rings. The molecule has 0 saturated heterocycles. The molecule has 18 heavy (non-hydrogen) atoms. The zero-order valence-electron chi connectivity index (χ0n) is 9.10. The van der Waals surface area contributed by atoms with Crippen molar-refractivity contribution in [3.63, 3.8) is 0 Å². The molecule has 0 unspecified atom stereocenters. The van der Waals surface area contributed by atoms with E-state index in [0.717, 1.165) is 9.04 Å². The summed E-state index contributed by atoms with van der Waals surface area (Å²) in [5, 5.41) is 12.7. The first kappa shape index (κ1) is 11.1. The van der Waals surface area contributed by atoms with Crippen molar-refractivity contribution in [1.82, 2.24) is 29.7 Å². The fourth-order valence-electron chi connectivity index (χ4n) is 1.39. The zero-order chi connectivity index (χ0) is 12.5. The third-order valence-corrected chi connectivity index (χ3v) is 4.16. The lowest BCUT2D eigenvalue weighted by atomic mass is 10.5. The van der Waals surface area contributed by atoms with Crippen molar-refractivity contribution in [1.29, 1.82) is 5.26 Å². The number of fused-ring (bicyclic) bond motifs is 1. The molecule has 0 bridgehead atoms. The van der Waals surface area contributed by atoms with Gasteiger partial charge in [0.2, 0.25) is 0 Å². The van der Waals surface area contributed by atoms with E-state index < -0.39 is 0 Å². The molecular formula is C9H5N7S2. The van der Waals surface area contributed by atoms with Crippen molar-refractivity contribution < 1.29 is 0 Å². The molecule has 0 aliphatic heterocycles. The van der Waals surface area contributed by atoms with Gasteiger partial charge in [0.1, 0.15) is 23.4 Å². The molecule has 0 atom stereocenters. The van der Waals surface area contributed by atoms with Gasteiger partial charge in [-0.2, -0.15) is 9.94 Å². The fourth-order valence-corrected chi connectivity index (χ4v) is 2.88. The van der Waals surface area contributed by atoms with E-state index in [1.54, 1.807) is 11.8 Å². The molecule has 0 N–H and O–H groups in total. The Morgan fingerprint density at radius 3 is 3.00 bits per heavy atom. The van der Waals surface area contributed by atoms with Gasteiger partial charge in [0.05, 0.1) is 0 Å². The summed E-state index contributed by atoms with van der Waals surface area (Å²) in [6.45, 7) is 0. The second-order valence-electron chi connectivity index (χ2n) is 3.16. The van der Waals surface area contributed by atoms with E-state index in [0.29, 0.717) is 11.5 Å². The number of hydrogen-bond acceptors (Lipinski definition) is 8. The molecule has 3 rings (SSSR count). The minimum absolute atomic E-state index is 0.108. The lowest BCUT2D eigenvalue weighted by Gasteiger charge is -1.97. The average Bonchev–Trinajstić information content (AvgIpc) is 3.04. The highest BCUT2D eigenvalue weighted by Gasteiger charge is 2.13. The molecule has 0 aromatic carbocycles. The van der Waals surface area contributed by atoms with Crippen molar-refractivity contribution in [3.05, 3.63) is 18.5 Å². The minimum atomic E-state index is 0.108. The number of nitriles is 1. The molecular weight excluding hydrogens is 270 g/mol. The maximum atomic E-state index is 8.72. The van der Waals surface area contributed by atoms with Gasteiger partial charge in [-0.15, -0.1) is 16.4 Å². The molecule has 0 spiro atoms. The summed E-state index contributed by atoms with van der Waals surface area (Å²) in [6.07, 6.45) is 4.84. The van der Waals surface area contributed by atoms with Crippen LogP contribution in [0, 0.1) is 11.3 Å². The van der Waals surface area contributed by atoms with E-state index >= 15 is 0 Å². The van der Waals surface area contributed by atoms with Crippen LogP contribution in [-0.4, -0.2) is 36.0 Å². The summed E-state index contributed by atoms with van der Waals surface area (Å²) in [5.74, 6) is 0.697. The Morgan fingerprint density at radius 1 is 1.39 bits per heavy atom. The van der Waals surface area contributed by atoms with E-state index in [1.807, 2.05) is 12.3 Å². The molecule has 88 valence electrons. The summed E-state index contributed by atoms with van der Waals surface area (Å²) >= 11 is 3.04. The molecule has 3 aromatic heterocycles. The largest absolute Gasteiger partial charge is 0.252 e. The van der Waals surface area contributed by atoms with Gasteiger partial charge < -0.3 is 0 Å². The lowest BCUT2D eigenvalue weighted by Crippen LogP contribution is -1.99. The minimum Gasteiger partial charge on any atom is -0.215 e. The molecule has 9 heteroatoms. The Hall–Kier alpha value is -2.05. The van der Waals surface area contributed by atoms with Crippen molar-refractivity contribution in [2.24, 2.45) is 0 Å². The maximum Gasteiger partial charge on any atom is 0.252 e. The first-order chi connectivity index (χ1) is 8.81. The van der Waals surface area contributed by atoms with E-state index in [-0.39, 0.29) is 5.82 Å². The van der Waals surface area contributed by atoms with Crippen LogP contribution in [0.5, 0.6) is 0 Å². The number of hydrogen-bond donors (Lipinski definition) is 0. The highest BCUT2D eigenvalue weighted by Crippen LogP contribution is 2.29. The quantitative estimate of drug-likeness (QED) is 0.650. The van der Waals surface area contributed by atoms with Crippen LogP contribution in [0.3, 0.4) is 0 Å². The van der Waals surface area contributed by atoms with Crippen LogP contribution in [0.4, 0.5) is 0 Å². The van der Waals surface area contributed by atoms with Crippen LogP contribution in [0.25, 0.3) is 16.2 Å². The van der Waals surface area contributed by atoms with Crippen LogP contribution in [-0.2, 0) is 0 Å². The monoisotopic (exact) mass is 275 g/mol. The van der Waals surface area contributed by atoms with Gasteiger partial charge in [-0.1, -0.05) is 11.8 Å². The molecule has 0 fully saturated rings. The Bertz CT molecular complexity index is 754. The molecule has 0 amide bonds. The first-order valence-corrected chi connectivity index (χ1v) is 6.83. The number of aromatic nitrogens is 6. The lowest BCUT2D eigenvalue weighted by molar-refractivity contribution is 0.845. The van der Waals surface area contributed by atoms with E-state index in [4.69, 9.17) is 5.26 Å². The first-order valence-electron chi connectivity index (χ1n) is 4.79. The summed E-state index contributed by atoms with van der Waals surface area (Å²) in [5.41, 5.74) is 0.628. The maximum absolute atomic E-state index is 8.72. The number of rotatable bonds is 2. The van der Waals surface area contributed by atoms with Gasteiger partial charge in [-0.3, -0.25) is 0 Å². The van der Waals surface area contributed by atoms with Crippen molar-refractivity contribution >= 4 is 33.4 Å². The van der Waals surface area contributed by atoms with Gasteiger partial charge in [0.25, 0.3) is 5.82 Å². The topological polar surface area (TPSA) is 93.2 Å². The Kier molecular flexibility index (Phi) is 2.66. The van der Waals surface area contributed by atoms with E-state index in [1.165, 1.54) is 28.7 Å². The second-order valence-corrected chi connectivity index (χ2v) is 5.21.